The molecule has 0 bridgehead atoms. The van der Waals surface area contributed by atoms with Crippen molar-refractivity contribution in [2.45, 2.75) is 51.3 Å². The van der Waals surface area contributed by atoms with E-state index in [9.17, 15) is 0 Å². The fourth-order valence-corrected chi connectivity index (χ4v) is 5.60. The molecule has 24 heavy (non-hydrogen) atoms. The number of piperidine rings is 1. The van der Waals surface area contributed by atoms with E-state index in [4.69, 9.17) is 16.3 Å². The molecule has 0 amide bonds. The summed E-state index contributed by atoms with van der Waals surface area (Å²) in [4.78, 5) is 8.35. The molecule has 4 nitrogen and oxygen atoms in total. The van der Waals surface area contributed by atoms with Crippen LogP contribution >= 0.6 is 22.9 Å². The number of likely N-dealkylation sites (tertiary alicyclic amines) is 1. The van der Waals surface area contributed by atoms with Crippen LogP contribution in [0, 0.1) is 6.92 Å². The third-order valence-electron chi connectivity index (χ3n) is 5.68. The molecule has 0 unspecified atom stereocenters. The largest absolute Gasteiger partial charge is 0.369 e. The predicted molar refractivity (Wildman–Crippen MR) is 97.7 cm³/mol. The quantitative estimate of drug-likeness (QED) is 0.808. The molecule has 2 aromatic rings. The van der Waals surface area contributed by atoms with Gasteiger partial charge in [-0.15, -0.1) is 11.3 Å². The van der Waals surface area contributed by atoms with Gasteiger partial charge in [0.15, 0.2) is 0 Å². The van der Waals surface area contributed by atoms with Gasteiger partial charge in [-0.05, 0) is 44.7 Å². The molecule has 0 N–H and O–H groups in total. The molecule has 1 spiro atoms. The van der Waals surface area contributed by atoms with Crippen molar-refractivity contribution in [1.82, 2.24) is 14.5 Å². The third kappa shape index (κ3) is 2.71. The molecule has 2 aliphatic rings. The van der Waals surface area contributed by atoms with E-state index >= 15 is 0 Å². The first-order chi connectivity index (χ1) is 11.5. The number of rotatable bonds is 2. The number of aromatic nitrogens is 2. The van der Waals surface area contributed by atoms with Crippen LogP contribution in [0.5, 0.6) is 0 Å². The Morgan fingerprint density at radius 2 is 2.33 bits per heavy atom. The summed E-state index contributed by atoms with van der Waals surface area (Å²) in [6.45, 7) is 7.17. The van der Waals surface area contributed by atoms with E-state index in [-0.39, 0.29) is 5.60 Å². The maximum atomic E-state index is 6.35. The summed E-state index contributed by atoms with van der Waals surface area (Å²) in [6.07, 6.45) is 5.07. The van der Waals surface area contributed by atoms with Gasteiger partial charge in [0.05, 0.1) is 16.6 Å². The lowest BCUT2D eigenvalue weighted by Gasteiger charge is -2.47. The van der Waals surface area contributed by atoms with E-state index in [0.717, 1.165) is 49.1 Å². The number of imidazole rings is 1. The van der Waals surface area contributed by atoms with Gasteiger partial charge < -0.3 is 9.30 Å². The summed E-state index contributed by atoms with van der Waals surface area (Å²) in [6, 6.07) is 2.61. The van der Waals surface area contributed by atoms with Gasteiger partial charge in [-0.3, -0.25) is 4.90 Å². The van der Waals surface area contributed by atoms with Gasteiger partial charge in [-0.1, -0.05) is 11.6 Å². The molecule has 6 heteroatoms. The van der Waals surface area contributed by atoms with E-state index in [2.05, 4.69) is 41.4 Å². The number of hydrogen-bond acceptors (Lipinski definition) is 4. The van der Waals surface area contributed by atoms with Crippen LogP contribution in [0.4, 0.5) is 0 Å². The van der Waals surface area contributed by atoms with Gasteiger partial charge in [0, 0.05) is 37.3 Å². The zero-order chi connectivity index (χ0) is 16.9. The lowest BCUT2D eigenvalue weighted by atomic mass is 9.82. The van der Waals surface area contributed by atoms with Crippen molar-refractivity contribution < 1.29 is 4.74 Å². The number of ether oxygens (including phenoxy) is 1. The molecule has 130 valence electrons. The van der Waals surface area contributed by atoms with Gasteiger partial charge in [0.1, 0.15) is 11.4 Å². The van der Waals surface area contributed by atoms with Gasteiger partial charge in [-0.2, -0.15) is 0 Å². The van der Waals surface area contributed by atoms with E-state index < -0.39 is 0 Å². The second-order valence-corrected chi connectivity index (χ2v) is 8.81. The summed E-state index contributed by atoms with van der Waals surface area (Å²) in [5.41, 5.74) is 2.56. The normalized spacial score (nSPS) is 27.6. The Bertz CT molecular complexity index is 756. The van der Waals surface area contributed by atoms with Gasteiger partial charge >= 0.3 is 0 Å². The van der Waals surface area contributed by atoms with Crippen molar-refractivity contribution >= 4 is 22.9 Å². The molecule has 4 heterocycles. The van der Waals surface area contributed by atoms with Crippen molar-refractivity contribution in [3.63, 3.8) is 0 Å². The maximum Gasteiger partial charge on any atom is 0.105 e. The molecule has 0 saturated carbocycles. The highest BCUT2D eigenvalue weighted by atomic mass is 35.5. The number of aryl methyl sites for hydroxylation is 1. The number of thiophene rings is 1. The molecule has 0 aromatic carbocycles. The van der Waals surface area contributed by atoms with E-state index in [1.54, 1.807) is 11.3 Å². The highest BCUT2D eigenvalue weighted by molar-refractivity contribution is 7.16. The van der Waals surface area contributed by atoms with Crippen LogP contribution in [0.15, 0.2) is 12.3 Å². The minimum atomic E-state index is -0.121. The Morgan fingerprint density at radius 1 is 1.50 bits per heavy atom. The Kier molecular flexibility index (Phi) is 4.23. The fraction of sp³-hybridized carbons (Fsp3) is 0.611. The number of hydrogen-bond donors (Lipinski definition) is 0. The van der Waals surface area contributed by atoms with Crippen LogP contribution in [-0.2, 0) is 30.4 Å². The van der Waals surface area contributed by atoms with Gasteiger partial charge in [0.2, 0.25) is 0 Å². The van der Waals surface area contributed by atoms with Crippen LogP contribution < -0.4 is 0 Å². The Hall–Kier alpha value is -0.880. The molecule has 0 radical (unpaired) electrons. The van der Waals surface area contributed by atoms with Crippen molar-refractivity contribution in [2.24, 2.45) is 7.05 Å². The van der Waals surface area contributed by atoms with Crippen LogP contribution in [0.3, 0.4) is 0 Å². The zero-order valence-corrected chi connectivity index (χ0v) is 16.1. The first-order valence-corrected chi connectivity index (χ1v) is 9.82. The van der Waals surface area contributed by atoms with Crippen LogP contribution in [0.1, 0.15) is 41.7 Å². The van der Waals surface area contributed by atoms with Crippen LogP contribution in [0.25, 0.3) is 0 Å². The fourth-order valence-electron chi connectivity index (χ4n) is 4.12. The van der Waals surface area contributed by atoms with Crippen LogP contribution in [-0.4, -0.2) is 33.6 Å². The molecular weight excluding hydrogens is 342 g/mol. The maximum absolute atomic E-state index is 6.35. The first-order valence-electron chi connectivity index (χ1n) is 8.62. The molecule has 1 saturated heterocycles. The van der Waals surface area contributed by atoms with Crippen molar-refractivity contribution in [3.05, 3.63) is 38.6 Å². The van der Waals surface area contributed by atoms with Crippen LogP contribution in [0.2, 0.25) is 4.34 Å². The SMILES string of the molecule is Cc1ncc(CN2CC[C@]3(C[C@@H]2C)OCCc2cc(Cl)sc23)n1C. The highest BCUT2D eigenvalue weighted by Gasteiger charge is 2.44. The van der Waals surface area contributed by atoms with Gasteiger partial charge in [-0.25, -0.2) is 4.98 Å². The standard InChI is InChI=1S/C18H24ClN3OS/c1-12-9-18(17-14(4-7-23-18)8-16(19)24-17)5-6-22(12)11-15-10-20-13(2)21(15)3/h8,10,12H,4-7,9,11H2,1-3H3/t12-,18+/m0/s1. The third-order valence-corrected chi connectivity index (χ3v) is 7.17. The Balaban J connectivity index is 1.54. The lowest BCUT2D eigenvalue weighted by Crippen LogP contribution is -2.50. The monoisotopic (exact) mass is 365 g/mol. The summed E-state index contributed by atoms with van der Waals surface area (Å²) in [5, 5.41) is 0. The number of halogens is 1. The van der Waals surface area contributed by atoms with Crippen molar-refractivity contribution in [1.29, 1.82) is 0 Å². The van der Waals surface area contributed by atoms with E-state index in [1.165, 1.54) is 16.1 Å². The number of fused-ring (bicyclic) bond motifs is 2. The number of nitrogens with zero attached hydrogens (tertiary/aromatic N) is 3. The molecular formula is C18H24ClN3OS. The average Bonchev–Trinajstić information content (AvgIpc) is 3.08. The van der Waals surface area contributed by atoms with Crippen molar-refractivity contribution in [2.75, 3.05) is 13.2 Å². The predicted octanol–water partition coefficient (Wildman–Crippen LogP) is 3.90. The minimum Gasteiger partial charge on any atom is -0.369 e. The summed E-state index contributed by atoms with van der Waals surface area (Å²) in [7, 11) is 2.10. The molecule has 2 aromatic heterocycles. The summed E-state index contributed by atoms with van der Waals surface area (Å²) < 4.78 is 9.43. The minimum absolute atomic E-state index is 0.121. The topological polar surface area (TPSA) is 30.3 Å². The van der Waals surface area contributed by atoms with Crippen molar-refractivity contribution in [3.8, 4) is 0 Å². The molecule has 1 fully saturated rings. The second kappa shape index (κ2) is 6.13. The first kappa shape index (κ1) is 16.6. The second-order valence-electron chi connectivity index (χ2n) is 7.13. The highest BCUT2D eigenvalue weighted by Crippen LogP contribution is 2.48. The molecule has 0 aliphatic carbocycles. The summed E-state index contributed by atoms with van der Waals surface area (Å²) >= 11 is 8.00. The summed E-state index contributed by atoms with van der Waals surface area (Å²) in [5.74, 6) is 1.07. The van der Waals surface area contributed by atoms with E-state index in [0.29, 0.717) is 6.04 Å². The zero-order valence-electron chi connectivity index (χ0n) is 14.5. The lowest BCUT2D eigenvalue weighted by molar-refractivity contribution is -0.110. The van der Waals surface area contributed by atoms with Gasteiger partial charge in [0.25, 0.3) is 0 Å². The molecule has 4 rings (SSSR count). The van der Waals surface area contributed by atoms with E-state index in [1.807, 2.05) is 6.20 Å². The average molecular weight is 366 g/mol. The Labute approximate surface area is 152 Å². The Morgan fingerprint density at radius 3 is 3.04 bits per heavy atom. The smallest absolute Gasteiger partial charge is 0.105 e. The molecule has 2 aliphatic heterocycles. The molecule has 2 atom stereocenters.